The predicted molar refractivity (Wildman–Crippen MR) is 93.5 cm³/mol. The average Bonchev–Trinajstić information content (AvgIpc) is 2.45. The fraction of sp³-hybridized carbons (Fsp3) is 0.650. The standard InChI is InChI=1S/C20H31NO/c1-13(2)19-15(4)10-18(11-16(19)5)20(22)21-12-17-8-6-14(3)7-9-17/h10-11,13-14,17H,6-9,12H2,1-5H3,(H,21,22). The topological polar surface area (TPSA) is 29.1 Å². The third kappa shape index (κ3) is 4.12. The van der Waals surface area contributed by atoms with Crippen molar-refractivity contribution in [3.63, 3.8) is 0 Å². The van der Waals surface area contributed by atoms with E-state index >= 15 is 0 Å². The molecule has 0 heterocycles. The van der Waals surface area contributed by atoms with Crippen LogP contribution >= 0.6 is 0 Å². The molecule has 0 aromatic heterocycles. The smallest absolute Gasteiger partial charge is 0.251 e. The highest BCUT2D eigenvalue weighted by Crippen LogP contribution is 2.28. The molecule has 0 radical (unpaired) electrons. The lowest BCUT2D eigenvalue weighted by atomic mass is 9.83. The summed E-state index contributed by atoms with van der Waals surface area (Å²) in [6, 6.07) is 4.08. The van der Waals surface area contributed by atoms with Crippen LogP contribution in [0.5, 0.6) is 0 Å². The summed E-state index contributed by atoms with van der Waals surface area (Å²) in [7, 11) is 0. The lowest BCUT2D eigenvalue weighted by Gasteiger charge is -2.26. The minimum Gasteiger partial charge on any atom is -0.352 e. The van der Waals surface area contributed by atoms with Crippen molar-refractivity contribution in [1.29, 1.82) is 0 Å². The maximum atomic E-state index is 12.4. The van der Waals surface area contributed by atoms with Crippen LogP contribution in [0.3, 0.4) is 0 Å². The monoisotopic (exact) mass is 301 g/mol. The van der Waals surface area contributed by atoms with Gasteiger partial charge in [-0.15, -0.1) is 0 Å². The van der Waals surface area contributed by atoms with Gasteiger partial charge in [0.05, 0.1) is 0 Å². The van der Waals surface area contributed by atoms with Crippen molar-refractivity contribution in [2.24, 2.45) is 11.8 Å². The number of carbonyl (C=O) groups is 1. The van der Waals surface area contributed by atoms with Gasteiger partial charge < -0.3 is 5.32 Å². The molecule has 1 amide bonds. The Hall–Kier alpha value is -1.31. The highest BCUT2D eigenvalue weighted by Gasteiger charge is 2.19. The molecule has 1 saturated carbocycles. The number of nitrogens with one attached hydrogen (secondary N) is 1. The lowest BCUT2D eigenvalue weighted by Crippen LogP contribution is -2.31. The zero-order chi connectivity index (χ0) is 16.3. The second-order valence-electron chi connectivity index (χ2n) is 7.51. The molecule has 0 bridgehead atoms. The molecule has 1 aliphatic rings. The summed E-state index contributed by atoms with van der Waals surface area (Å²) >= 11 is 0. The van der Waals surface area contributed by atoms with Gasteiger partial charge in [-0.1, -0.05) is 33.6 Å². The van der Waals surface area contributed by atoms with Gasteiger partial charge in [0.1, 0.15) is 0 Å². The fourth-order valence-electron chi connectivity index (χ4n) is 3.89. The number of amides is 1. The maximum absolute atomic E-state index is 12.4. The van der Waals surface area contributed by atoms with E-state index in [0.29, 0.717) is 11.8 Å². The van der Waals surface area contributed by atoms with Crippen LogP contribution in [0.2, 0.25) is 0 Å². The molecule has 1 aliphatic carbocycles. The molecule has 0 saturated heterocycles. The van der Waals surface area contributed by atoms with Crippen molar-refractivity contribution in [2.45, 2.75) is 66.2 Å². The minimum atomic E-state index is 0.0835. The Labute approximate surface area is 135 Å². The third-order valence-electron chi connectivity index (χ3n) is 5.12. The Balaban J connectivity index is 1.98. The summed E-state index contributed by atoms with van der Waals surface area (Å²) in [5.74, 6) is 2.11. The highest BCUT2D eigenvalue weighted by atomic mass is 16.1. The van der Waals surface area contributed by atoms with E-state index in [1.807, 2.05) is 12.1 Å². The molecular formula is C20H31NO. The second kappa shape index (κ2) is 7.30. The van der Waals surface area contributed by atoms with Crippen LogP contribution in [-0.2, 0) is 0 Å². The SMILES string of the molecule is Cc1cc(C(=O)NCC2CCC(C)CC2)cc(C)c1C(C)C. The number of aryl methyl sites for hydroxylation is 2. The van der Waals surface area contributed by atoms with Crippen molar-refractivity contribution < 1.29 is 4.79 Å². The number of hydrogen-bond donors (Lipinski definition) is 1. The Morgan fingerprint density at radius 1 is 1.14 bits per heavy atom. The van der Waals surface area contributed by atoms with Gasteiger partial charge in [0.2, 0.25) is 0 Å². The van der Waals surface area contributed by atoms with E-state index in [1.54, 1.807) is 0 Å². The van der Waals surface area contributed by atoms with Crippen LogP contribution in [0.25, 0.3) is 0 Å². The molecule has 0 spiro atoms. The maximum Gasteiger partial charge on any atom is 0.251 e. The van der Waals surface area contributed by atoms with Gasteiger partial charge >= 0.3 is 0 Å². The van der Waals surface area contributed by atoms with Crippen molar-refractivity contribution >= 4 is 5.91 Å². The normalized spacial score (nSPS) is 21.9. The van der Waals surface area contributed by atoms with E-state index in [2.05, 4.69) is 39.9 Å². The first kappa shape index (κ1) is 17.1. The molecule has 2 rings (SSSR count). The van der Waals surface area contributed by atoms with E-state index in [-0.39, 0.29) is 5.91 Å². The first-order chi connectivity index (χ1) is 10.4. The molecule has 2 heteroatoms. The van der Waals surface area contributed by atoms with Gasteiger partial charge in [-0.2, -0.15) is 0 Å². The van der Waals surface area contributed by atoms with Crippen molar-refractivity contribution in [3.05, 3.63) is 34.4 Å². The van der Waals surface area contributed by atoms with Gasteiger partial charge in [-0.05, 0) is 73.3 Å². The molecule has 0 atom stereocenters. The van der Waals surface area contributed by atoms with Crippen molar-refractivity contribution in [2.75, 3.05) is 6.54 Å². The van der Waals surface area contributed by atoms with Gasteiger partial charge in [0, 0.05) is 12.1 Å². The zero-order valence-corrected chi connectivity index (χ0v) is 14.8. The van der Waals surface area contributed by atoms with E-state index in [1.165, 1.54) is 42.4 Å². The largest absolute Gasteiger partial charge is 0.352 e. The van der Waals surface area contributed by atoms with Crippen molar-refractivity contribution in [3.8, 4) is 0 Å². The van der Waals surface area contributed by atoms with E-state index in [9.17, 15) is 4.79 Å². The number of rotatable bonds is 4. The van der Waals surface area contributed by atoms with Crippen LogP contribution in [0, 0.1) is 25.7 Å². The second-order valence-corrected chi connectivity index (χ2v) is 7.51. The predicted octanol–water partition coefficient (Wildman–Crippen LogP) is 4.98. The van der Waals surface area contributed by atoms with E-state index in [4.69, 9.17) is 0 Å². The average molecular weight is 301 g/mol. The Bertz CT molecular complexity index is 502. The molecular weight excluding hydrogens is 270 g/mol. The number of benzene rings is 1. The molecule has 1 N–H and O–H groups in total. The molecule has 1 fully saturated rings. The lowest BCUT2D eigenvalue weighted by molar-refractivity contribution is 0.0941. The highest BCUT2D eigenvalue weighted by molar-refractivity contribution is 5.94. The van der Waals surface area contributed by atoms with Gasteiger partial charge in [-0.25, -0.2) is 0 Å². The van der Waals surface area contributed by atoms with E-state index in [0.717, 1.165) is 18.0 Å². The Morgan fingerprint density at radius 2 is 1.68 bits per heavy atom. The summed E-state index contributed by atoms with van der Waals surface area (Å²) in [6.45, 7) is 11.8. The summed E-state index contributed by atoms with van der Waals surface area (Å²) in [4.78, 5) is 12.4. The van der Waals surface area contributed by atoms with Gasteiger partial charge in [-0.3, -0.25) is 4.79 Å². The van der Waals surface area contributed by atoms with Crippen LogP contribution in [0.1, 0.15) is 79.4 Å². The van der Waals surface area contributed by atoms with Crippen LogP contribution in [0.15, 0.2) is 12.1 Å². The van der Waals surface area contributed by atoms with Crippen molar-refractivity contribution in [1.82, 2.24) is 5.32 Å². The number of carbonyl (C=O) groups excluding carboxylic acids is 1. The molecule has 122 valence electrons. The first-order valence-corrected chi connectivity index (χ1v) is 8.77. The fourth-order valence-corrected chi connectivity index (χ4v) is 3.89. The molecule has 0 aliphatic heterocycles. The molecule has 22 heavy (non-hydrogen) atoms. The summed E-state index contributed by atoms with van der Waals surface area (Å²) in [5, 5.41) is 3.15. The van der Waals surface area contributed by atoms with Gasteiger partial charge in [0.15, 0.2) is 0 Å². The minimum absolute atomic E-state index is 0.0835. The summed E-state index contributed by atoms with van der Waals surface area (Å²) in [5.41, 5.74) is 4.64. The third-order valence-corrected chi connectivity index (χ3v) is 5.12. The van der Waals surface area contributed by atoms with Crippen LogP contribution in [0.4, 0.5) is 0 Å². The summed E-state index contributed by atoms with van der Waals surface area (Å²) in [6.07, 6.45) is 5.13. The molecule has 1 aromatic rings. The molecule has 1 aromatic carbocycles. The van der Waals surface area contributed by atoms with E-state index < -0.39 is 0 Å². The summed E-state index contributed by atoms with van der Waals surface area (Å²) < 4.78 is 0. The molecule has 2 nitrogen and oxygen atoms in total. The quantitative estimate of drug-likeness (QED) is 0.834. The molecule has 0 unspecified atom stereocenters. The van der Waals surface area contributed by atoms with Crippen LogP contribution in [-0.4, -0.2) is 12.5 Å². The Morgan fingerprint density at radius 3 is 2.18 bits per heavy atom. The van der Waals surface area contributed by atoms with Gasteiger partial charge in [0.25, 0.3) is 5.91 Å². The Kier molecular flexibility index (Phi) is 5.66. The van der Waals surface area contributed by atoms with Crippen LogP contribution < -0.4 is 5.32 Å². The zero-order valence-electron chi connectivity index (χ0n) is 14.8. The number of hydrogen-bond acceptors (Lipinski definition) is 1. The first-order valence-electron chi connectivity index (χ1n) is 8.77.